The van der Waals surface area contributed by atoms with Crippen LogP contribution < -0.4 is 5.32 Å². The van der Waals surface area contributed by atoms with Crippen LogP contribution in [0.1, 0.15) is 57.6 Å². The lowest BCUT2D eigenvalue weighted by atomic mass is 9.87. The topological polar surface area (TPSA) is 95.9 Å². The lowest BCUT2D eigenvalue weighted by Crippen LogP contribution is -2.53. The summed E-state index contributed by atoms with van der Waals surface area (Å²) in [5.74, 6) is -1.61. The fraction of sp³-hybridized carbons (Fsp3) is 0.464. The van der Waals surface area contributed by atoms with Crippen LogP contribution in [0, 0.1) is 11.3 Å². The Bertz CT molecular complexity index is 1080. The SMILES string of the molecule is CC1CCN(C(=O)C(CC(C)(C)C)NC(=O)OCC2c3ccccc3-c3ccccc32)C1C(=O)O. The molecule has 0 saturated carbocycles. The van der Waals surface area contributed by atoms with Crippen molar-refractivity contribution in [3.05, 3.63) is 59.7 Å². The first kappa shape index (κ1) is 24.8. The Labute approximate surface area is 206 Å². The van der Waals surface area contributed by atoms with Crippen LogP contribution in [-0.2, 0) is 14.3 Å². The molecule has 3 atom stereocenters. The Balaban J connectivity index is 1.47. The lowest BCUT2D eigenvalue weighted by Gasteiger charge is -2.31. The number of nitrogens with zero attached hydrogens (tertiary/aromatic N) is 1. The number of alkyl carbamates (subject to hydrolysis) is 1. The fourth-order valence-corrected chi connectivity index (χ4v) is 5.37. The number of carboxylic acid groups (broad SMARTS) is 1. The number of carbonyl (C=O) groups is 3. The molecule has 1 fully saturated rings. The highest BCUT2D eigenvalue weighted by atomic mass is 16.5. The summed E-state index contributed by atoms with van der Waals surface area (Å²) in [4.78, 5) is 39.5. The molecule has 2 N–H and O–H groups in total. The first-order valence-corrected chi connectivity index (χ1v) is 12.2. The van der Waals surface area contributed by atoms with Crippen LogP contribution in [0.2, 0.25) is 0 Å². The molecule has 7 heteroatoms. The fourth-order valence-electron chi connectivity index (χ4n) is 5.37. The van der Waals surface area contributed by atoms with Crippen molar-refractivity contribution in [1.29, 1.82) is 0 Å². The molecule has 1 heterocycles. The molecule has 0 aromatic heterocycles. The van der Waals surface area contributed by atoms with Gasteiger partial charge in [-0.2, -0.15) is 0 Å². The van der Waals surface area contributed by atoms with Crippen LogP contribution in [0.3, 0.4) is 0 Å². The molecular weight excluding hydrogens is 444 g/mol. The summed E-state index contributed by atoms with van der Waals surface area (Å²) in [6, 6.07) is 14.5. The summed E-state index contributed by atoms with van der Waals surface area (Å²) in [5, 5.41) is 12.4. The Hall–Kier alpha value is -3.35. The average Bonchev–Trinajstić information content (AvgIpc) is 3.34. The molecule has 3 unspecified atom stereocenters. The zero-order valence-electron chi connectivity index (χ0n) is 20.8. The van der Waals surface area contributed by atoms with Gasteiger partial charge < -0.3 is 20.1 Å². The number of rotatable bonds is 6. The molecule has 2 amide bonds. The van der Waals surface area contributed by atoms with Crippen molar-refractivity contribution < 1.29 is 24.2 Å². The molecule has 186 valence electrons. The molecule has 2 aliphatic rings. The van der Waals surface area contributed by atoms with Gasteiger partial charge in [-0.15, -0.1) is 0 Å². The molecule has 35 heavy (non-hydrogen) atoms. The summed E-state index contributed by atoms with van der Waals surface area (Å²) in [7, 11) is 0. The second kappa shape index (κ2) is 9.72. The Morgan fingerprint density at radius 2 is 1.63 bits per heavy atom. The molecule has 1 saturated heterocycles. The number of hydrogen-bond acceptors (Lipinski definition) is 4. The van der Waals surface area contributed by atoms with Crippen LogP contribution in [-0.4, -0.2) is 53.2 Å². The minimum Gasteiger partial charge on any atom is -0.480 e. The van der Waals surface area contributed by atoms with Crippen molar-refractivity contribution in [3.63, 3.8) is 0 Å². The summed E-state index contributed by atoms with van der Waals surface area (Å²) >= 11 is 0. The van der Waals surface area contributed by atoms with Gasteiger partial charge in [0, 0.05) is 12.5 Å². The molecule has 2 aromatic carbocycles. The van der Waals surface area contributed by atoms with Crippen molar-refractivity contribution in [1.82, 2.24) is 10.2 Å². The molecule has 4 rings (SSSR count). The number of ether oxygens (including phenoxy) is 1. The standard InChI is InChI=1S/C28H34N2O5/c1-17-13-14-30(24(17)26(32)33)25(31)23(15-28(2,3)4)29-27(34)35-16-22-20-11-7-5-9-18(20)19-10-6-8-12-21(19)22/h5-12,17,22-24H,13-16H2,1-4H3,(H,29,34)(H,32,33). The van der Waals surface area contributed by atoms with Gasteiger partial charge in [-0.1, -0.05) is 76.2 Å². The van der Waals surface area contributed by atoms with Gasteiger partial charge in [0.05, 0.1) is 0 Å². The van der Waals surface area contributed by atoms with Crippen molar-refractivity contribution in [3.8, 4) is 11.1 Å². The number of carbonyl (C=O) groups excluding carboxylic acids is 2. The zero-order valence-corrected chi connectivity index (χ0v) is 20.8. The second-order valence-electron chi connectivity index (χ2n) is 10.9. The lowest BCUT2D eigenvalue weighted by molar-refractivity contribution is -0.150. The number of benzene rings is 2. The molecule has 0 spiro atoms. The highest BCUT2D eigenvalue weighted by Crippen LogP contribution is 2.44. The van der Waals surface area contributed by atoms with Gasteiger partial charge in [0.25, 0.3) is 0 Å². The number of carboxylic acids is 1. The quantitative estimate of drug-likeness (QED) is 0.630. The minimum atomic E-state index is -1.01. The van der Waals surface area contributed by atoms with Crippen LogP contribution in [0.25, 0.3) is 11.1 Å². The van der Waals surface area contributed by atoms with E-state index >= 15 is 0 Å². The maximum Gasteiger partial charge on any atom is 0.407 e. The van der Waals surface area contributed by atoms with Gasteiger partial charge in [-0.05, 0) is 46.4 Å². The van der Waals surface area contributed by atoms with E-state index in [0.717, 1.165) is 22.3 Å². The van der Waals surface area contributed by atoms with Crippen molar-refractivity contribution in [2.45, 2.75) is 58.5 Å². The van der Waals surface area contributed by atoms with Crippen LogP contribution in [0.4, 0.5) is 4.79 Å². The molecule has 2 aromatic rings. The first-order chi connectivity index (χ1) is 16.6. The molecule has 0 bridgehead atoms. The molecule has 0 radical (unpaired) electrons. The molecule has 7 nitrogen and oxygen atoms in total. The Morgan fingerprint density at radius 3 is 2.17 bits per heavy atom. The maximum atomic E-state index is 13.4. The van der Waals surface area contributed by atoms with Gasteiger partial charge in [0.2, 0.25) is 5.91 Å². The highest BCUT2D eigenvalue weighted by Gasteiger charge is 2.43. The number of fused-ring (bicyclic) bond motifs is 3. The Morgan fingerprint density at radius 1 is 1.06 bits per heavy atom. The first-order valence-electron chi connectivity index (χ1n) is 12.2. The van der Waals surface area contributed by atoms with Gasteiger partial charge in [0.1, 0.15) is 18.7 Å². The largest absolute Gasteiger partial charge is 0.480 e. The highest BCUT2D eigenvalue weighted by molar-refractivity contribution is 5.90. The van der Waals surface area contributed by atoms with Gasteiger partial charge in [-0.3, -0.25) is 4.79 Å². The normalized spacial score (nSPS) is 20.2. The van der Waals surface area contributed by atoms with E-state index in [1.165, 1.54) is 4.90 Å². The summed E-state index contributed by atoms with van der Waals surface area (Å²) in [6.45, 7) is 8.29. The predicted octanol–water partition coefficient (Wildman–Crippen LogP) is 4.65. The third kappa shape index (κ3) is 5.19. The maximum absolute atomic E-state index is 13.4. The summed E-state index contributed by atoms with van der Waals surface area (Å²) < 4.78 is 5.66. The van der Waals surface area contributed by atoms with E-state index in [0.29, 0.717) is 19.4 Å². The van der Waals surface area contributed by atoms with Gasteiger partial charge >= 0.3 is 12.1 Å². The van der Waals surface area contributed by atoms with E-state index < -0.39 is 24.1 Å². The predicted molar refractivity (Wildman–Crippen MR) is 133 cm³/mol. The smallest absolute Gasteiger partial charge is 0.407 e. The zero-order chi connectivity index (χ0) is 25.3. The van der Waals surface area contributed by atoms with E-state index in [9.17, 15) is 19.5 Å². The van der Waals surface area contributed by atoms with Crippen molar-refractivity contribution in [2.24, 2.45) is 11.3 Å². The van der Waals surface area contributed by atoms with Crippen LogP contribution >= 0.6 is 0 Å². The van der Waals surface area contributed by atoms with E-state index in [-0.39, 0.29) is 29.8 Å². The summed E-state index contributed by atoms with van der Waals surface area (Å²) in [5.41, 5.74) is 4.24. The molecule has 1 aliphatic carbocycles. The Kier molecular flexibility index (Phi) is 6.88. The number of nitrogens with one attached hydrogen (secondary N) is 1. The van der Waals surface area contributed by atoms with Crippen molar-refractivity contribution >= 4 is 18.0 Å². The number of aliphatic carboxylic acids is 1. The second-order valence-corrected chi connectivity index (χ2v) is 10.9. The monoisotopic (exact) mass is 478 g/mol. The van der Waals surface area contributed by atoms with E-state index in [2.05, 4.69) is 17.4 Å². The van der Waals surface area contributed by atoms with E-state index in [1.807, 2.05) is 64.1 Å². The number of likely N-dealkylation sites (tertiary alicyclic amines) is 1. The van der Waals surface area contributed by atoms with Crippen LogP contribution in [0.5, 0.6) is 0 Å². The van der Waals surface area contributed by atoms with E-state index in [4.69, 9.17) is 4.74 Å². The third-order valence-electron chi connectivity index (χ3n) is 6.99. The van der Waals surface area contributed by atoms with E-state index in [1.54, 1.807) is 0 Å². The van der Waals surface area contributed by atoms with Gasteiger partial charge in [-0.25, -0.2) is 9.59 Å². The molecular formula is C28H34N2O5. The summed E-state index contributed by atoms with van der Waals surface area (Å²) in [6.07, 6.45) is 0.317. The van der Waals surface area contributed by atoms with Crippen LogP contribution in [0.15, 0.2) is 48.5 Å². The average molecular weight is 479 g/mol. The number of hydrogen-bond donors (Lipinski definition) is 2. The van der Waals surface area contributed by atoms with Gasteiger partial charge in [0.15, 0.2) is 0 Å². The number of amides is 2. The minimum absolute atomic E-state index is 0.0826. The molecule has 1 aliphatic heterocycles. The van der Waals surface area contributed by atoms with Crippen molar-refractivity contribution in [2.75, 3.05) is 13.2 Å². The third-order valence-corrected chi connectivity index (χ3v) is 6.99.